The molecule has 0 radical (unpaired) electrons. The van der Waals surface area contributed by atoms with Gasteiger partial charge in [0, 0.05) is 31.7 Å². The summed E-state index contributed by atoms with van der Waals surface area (Å²) < 4.78 is 5.74. The Kier molecular flexibility index (Phi) is 3.76. The number of hydrogen-bond donors (Lipinski definition) is 1. The predicted molar refractivity (Wildman–Crippen MR) is 83.1 cm³/mol. The molecule has 5 nitrogen and oxygen atoms in total. The zero-order valence-corrected chi connectivity index (χ0v) is 12.8. The Balaban J connectivity index is 1.89. The van der Waals surface area contributed by atoms with Crippen LogP contribution in [0.15, 0.2) is 12.1 Å². The average Bonchev–Trinajstić information content (AvgIpc) is 2.46. The molecule has 0 spiro atoms. The Hall–Kier alpha value is -1.75. The van der Waals surface area contributed by atoms with Crippen molar-refractivity contribution in [2.24, 2.45) is 5.73 Å². The molecule has 1 saturated heterocycles. The molecule has 1 amide bonds. The average molecular weight is 289 g/mol. The highest BCUT2D eigenvalue weighted by Crippen LogP contribution is 2.35. The minimum absolute atomic E-state index is 0.0628. The Labute approximate surface area is 125 Å². The topological polar surface area (TPSA) is 58.8 Å². The number of carbonyl (C=O) groups is 1. The summed E-state index contributed by atoms with van der Waals surface area (Å²) in [4.78, 5) is 16.7. The van der Waals surface area contributed by atoms with Crippen molar-refractivity contribution >= 4 is 11.6 Å². The smallest absolute Gasteiger partial charge is 0.254 e. The van der Waals surface area contributed by atoms with Gasteiger partial charge in [-0.1, -0.05) is 0 Å². The summed E-state index contributed by atoms with van der Waals surface area (Å²) in [7, 11) is 2.06. The van der Waals surface area contributed by atoms with Crippen LogP contribution in [0.25, 0.3) is 0 Å². The summed E-state index contributed by atoms with van der Waals surface area (Å²) in [5.74, 6) is 0.876. The first-order valence-corrected chi connectivity index (χ1v) is 7.59. The maximum Gasteiger partial charge on any atom is 0.254 e. The van der Waals surface area contributed by atoms with Gasteiger partial charge in [0.2, 0.25) is 0 Å². The Morgan fingerprint density at radius 1 is 1.38 bits per heavy atom. The van der Waals surface area contributed by atoms with E-state index in [1.54, 1.807) is 0 Å². The number of piperidine rings is 1. The van der Waals surface area contributed by atoms with Gasteiger partial charge in [-0.2, -0.15) is 0 Å². The summed E-state index contributed by atoms with van der Waals surface area (Å²) >= 11 is 0. The third kappa shape index (κ3) is 2.70. The lowest BCUT2D eigenvalue weighted by atomic mass is 10.0. The van der Waals surface area contributed by atoms with Crippen molar-refractivity contribution in [1.29, 1.82) is 0 Å². The van der Waals surface area contributed by atoms with E-state index in [2.05, 4.69) is 11.9 Å². The van der Waals surface area contributed by atoms with Crippen LogP contribution in [0.2, 0.25) is 0 Å². The summed E-state index contributed by atoms with van der Waals surface area (Å²) in [6.07, 6.45) is 1.98. The third-order valence-electron chi connectivity index (χ3n) is 4.32. The molecule has 2 aliphatic heterocycles. The van der Waals surface area contributed by atoms with Crippen LogP contribution in [0.3, 0.4) is 0 Å². The number of nitrogens with zero attached hydrogens (tertiary/aromatic N) is 2. The Morgan fingerprint density at radius 2 is 2.19 bits per heavy atom. The van der Waals surface area contributed by atoms with E-state index >= 15 is 0 Å². The quantitative estimate of drug-likeness (QED) is 0.849. The first-order valence-electron chi connectivity index (χ1n) is 7.59. The summed E-state index contributed by atoms with van der Waals surface area (Å²) in [6, 6.07) is 3.94. The van der Waals surface area contributed by atoms with E-state index in [1.165, 1.54) is 0 Å². The number of amides is 1. The molecule has 0 aliphatic carbocycles. The maximum absolute atomic E-state index is 12.7. The number of likely N-dealkylation sites (N-methyl/N-ethyl adjacent to an activating group) is 1. The molecule has 3 rings (SSSR count). The summed E-state index contributed by atoms with van der Waals surface area (Å²) in [5.41, 5.74) is 8.85. The van der Waals surface area contributed by atoms with Gasteiger partial charge in [0.1, 0.15) is 12.4 Å². The molecule has 21 heavy (non-hydrogen) atoms. The van der Waals surface area contributed by atoms with Crippen LogP contribution in [0.5, 0.6) is 5.75 Å². The van der Waals surface area contributed by atoms with Crippen molar-refractivity contribution in [2.75, 3.05) is 38.2 Å². The zero-order chi connectivity index (χ0) is 15.0. The fourth-order valence-corrected chi connectivity index (χ4v) is 3.25. The second-order valence-electron chi connectivity index (χ2n) is 6.06. The van der Waals surface area contributed by atoms with Crippen LogP contribution in [0, 0.1) is 6.92 Å². The zero-order valence-electron chi connectivity index (χ0n) is 12.8. The van der Waals surface area contributed by atoms with Gasteiger partial charge in [0.05, 0.1) is 12.2 Å². The standard InChI is InChI=1S/C16H23N3O2/c1-11-8-12(9-14-15(11)18(2)6-7-21-14)16(20)19-5-3-4-13(17)10-19/h8-9,13H,3-7,10,17H2,1-2H3. The number of aryl methyl sites for hydroxylation is 1. The Bertz CT molecular complexity index is 559. The highest BCUT2D eigenvalue weighted by molar-refractivity contribution is 5.96. The van der Waals surface area contributed by atoms with E-state index in [-0.39, 0.29) is 11.9 Å². The molecular formula is C16H23N3O2. The van der Waals surface area contributed by atoms with E-state index in [1.807, 2.05) is 24.0 Å². The van der Waals surface area contributed by atoms with Crippen molar-refractivity contribution in [2.45, 2.75) is 25.8 Å². The number of nitrogens with two attached hydrogens (primary N) is 1. The lowest BCUT2D eigenvalue weighted by Gasteiger charge is -2.32. The first-order chi connectivity index (χ1) is 10.1. The van der Waals surface area contributed by atoms with E-state index < -0.39 is 0 Å². The van der Waals surface area contributed by atoms with Crippen molar-refractivity contribution in [3.63, 3.8) is 0 Å². The first kappa shape index (κ1) is 14.2. The largest absolute Gasteiger partial charge is 0.490 e. The van der Waals surface area contributed by atoms with Gasteiger partial charge in [-0.25, -0.2) is 0 Å². The van der Waals surface area contributed by atoms with Crippen LogP contribution >= 0.6 is 0 Å². The fourth-order valence-electron chi connectivity index (χ4n) is 3.25. The van der Waals surface area contributed by atoms with Crippen LogP contribution < -0.4 is 15.4 Å². The van der Waals surface area contributed by atoms with Crippen molar-refractivity contribution in [3.8, 4) is 5.75 Å². The molecular weight excluding hydrogens is 266 g/mol. The van der Waals surface area contributed by atoms with Gasteiger partial charge < -0.3 is 20.3 Å². The number of hydrogen-bond acceptors (Lipinski definition) is 4. The highest BCUT2D eigenvalue weighted by atomic mass is 16.5. The number of carbonyl (C=O) groups excluding carboxylic acids is 1. The van der Waals surface area contributed by atoms with E-state index in [0.717, 1.165) is 42.9 Å². The molecule has 114 valence electrons. The lowest BCUT2D eigenvalue weighted by molar-refractivity contribution is 0.0708. The number of fused-ring (bicyclic) bond motifs is 1. The molecule has 1 atom stereocenters. The Morgan fingerprint density at radius 3 is 2.95 bits per heavy atom. The van der Waals surface area contributed by atoms with Crippen LogP contribution in [-0.2, 0) is 0 Å². The number of likely N-dealkylation sites (tertiary alicyclic amines) is 1. The molecule has 1 aromatic carbocycles. The fraction of sp³-hybridized carbons (Fsp3) is 0.562. The normalized spacial score (nSPS) is 21.8. The van der Waals surface area contributed by atoms with Gasteiger partial charge in [-0.05, 0) is 37.5 Å². The molecule has 1 unspecified atom stereocenters. The number of anilines is 1. The molecule has 0 saturated carbocycles. The predicted octanol–water partition coefficient (Wildman–Crippen LogP) is 1.39. The van der Waals surface area contributed by atoms with Gasteiger partial charge >= 0.3 is 0 Å². The molecule has 2 aliphatic rings. The van der Waals surface area contributed by atoms with Gasteiger partial charge in [0.25, 0.3) is 5.91 Å². The van der Waals surface area contributed by atoms with E-state index in [0.29, 0.717) is 18.7 Å². The lowest BCUT2D eigenvalue weighted by Crippen LogP contribution is -2.45. The number of benzene rings is 1. The summed E-state index contributed by atoms with van der Waals surface area (Å²) in [5, 5.41) is 0. The van der Waals surface area contributed by atoms with Gasteiger partial charge in [-0.15, -0.1) is 0 Å². The monoisotopic (exact) mass is 289 g/mol. The second kappa shape index (κ2) is 5.56. The molecule has 1 fully saturated rings. The van der Waals surface area contributed by atoms with Crippen molar-refractivity contribution in [1.82, 2.24) is 4.90 Å². The minimum atomic E-state index is 0.0628. The molecule has 0 aromatic heterocycles. The van der Waals surface area contributed by atoms with Crippen LogP contribution in [0.4, 0.5) is 5.69 Å². The molecule has 2 N–H and O–H groups in total. The number of ether oxygens (including phenoxy) is 1. The van der Waals surface area contributed by atoms with Gasteiger partial charge in [0.15, 0.2) is 0 Å². The van der Waals surface area contributed by atoms with E-state index in [9.17, 15) is 4.79 Å². The van der Waals surface area contributed by atoms with Crippen LogP contribution in [-0.4, -0.2) is 50.1 Å². The van der Waals surface area contributed by atoms with Gasteiger partial charge in [-0.3, -0.25) is 4.79 Å². The number of rotatable bonds is 1. The van der Waals surface area contributed by atoms with Crippen molar-refractivity contribution < 1.29 is 9.53 Å². The van der Waals surface area contributed by atoms with E-state index in [4.69, 9.17) is 10.5 Å². The molecule has 2 heterocycles. The molecule has 0 bridgehead atoms. The van der Waals surface area contributed by atoms with Crippen molar-refractivity contribution in [3.05, 3.63) is 23.3 Å². The highest BCUT2D eigenvalue weighted by Gasteiger charge is 2.25. The van der Waals surface area contributed by atoms with Crippen LogP contribution in [0.1, 0.15) is 28.8 Å². The summed E-state index contributed by atoms with van der Waals surface area (Å²) in [6.45, 7) is 5.01. The third-order valence-corrected chi connectivity index (χ3v) is 4.32. The second-order valence-corrected chi connectivity index (χ2v) is 6.06. The maximum atomic E-state index is 12.7. The molecule has 5 heteroatoms. The SMILES string of the molecule is Cc1cc(C(=O)N2CCCC(N)C2)cc2c1N(C)CCO2. The molecule has 1 aromatic rings. The minimum Gasteiger partial charge on any atom is -0.490 e.